The lowest BCUT2D eigenvalue weighted by Gasteiger charge is -2.10. The molecule has 134 valence electrons. The number of nitrogens with zero attached hydrogens (tertiary/aromatic N) is 2. The summed E-state index contributed by atoms with van der Waals surface area (Å²) in [6.45, 7) is 2.05. The summed E-state index contributed by atoms with van der Waals surface area (Å²) in [5.74, 6) is 0.239. The number of aromatic nitrogens is 2. The zero-order valence-corrected chi connectivity index (χ0v) is 16.1. The third kappa shape index (κ3) is 3.10. The number of rotatable bonds is 4. The summed E-state index contributed by atoms with van der Waals surface area (Å²) in [5, 5.41) is 3.23. The summed E-state index contributed by atoms with van der Waals surface area (Å²) in [7, 11) is 0. The van der Waals surface area contributed by atoms with Crippen LogP contribution in [0.2, 0.25) is 5.02 Å². The lowest BCUT2D eigenvalue weighted by molar-refractivity contribution is -0.123. The first kappa shape index (κ1) is 17.4. The molecule has 4 rings (SSSR count). The Bertz CT molecular complexity index is 1050. The van der Waals surface area contributed by atoms with Crippen LogP contribution in [0.3, 0.4) is 0 Å². The molecular formula is C20H19ClN2O2S. The average Bonchev–Trinajstić information content (AvgIpc) is 3.29. The van der Waals surface area contributed by atoms with E-state index in [1.165, 1.54) is 22.2 Å². The van der Waals surface area contributed by atoms with Crippen molar-refractivity contribution < 1.29 is 4.79 Å². The van der Waals surface area contributed by atoms with Gasteiger partial charge >= 0.3 is 0 Å². The quantitative estimate of drug-likeness (QED) is 0.644. The van der Waals surface area contributed by atoms with Crippen molar-refractivity contribution in [3.63, 3.8) is 0 Å². The van der Waals surface area contributed by atoms with Crippen molar-refractivity contribution >= 4 is 38.9 Å². The average molecular weight is 387 g/mol. The van der Waals surface area contributed by atoms with E-state index in [0.717, 1.165) is 42.4 Å². The number of aryl methyl sites for hydroxylation is 1. The molecule has 1 aliphatic carbocycles. The number of carbonyl (C=O) groups excluding carboxylic acids is 1. The van der Waals surface area contributed by atoms with Crippen LogP contribution in [-0.2, 0) is 11.3 Å². The molecule has 1 fully saturated rings. The van der Waals surface area contributed by atoms with E-state index in [0.29, 0.717) is 15.2 Å². The molecule has 0 spiro atoms. The fourth-order valence-electron chi connectivity index (χ4n) is 3.65. The number of fused-ring (bicyclic) bond motifs is 1. The van der Waals surface area contributed by atoms with Gasteiger partial charge in [0.15, 0.2) is 5.78 Å². The molecular weight excluding hydrogens is 368 g/mol. The number of carbonyl (C=O) groups is 1. The number of thiophene rings is 1. The minimum atomic E-state index is -0.148. The second-order valence-electron chi connectivity index (χ2n) is 6.92. The highest BCUT2D eigenvalue weighted by molar-refractivity contribution is 7.17. The van der Waals surface area contributed by atoms with Gasteiger partial charge in [-0.3, -0.25) is 14.2 Å². The number of hydrogen-bond acceptors (Lipinski definition) is 4. The Morgan fingerprint density at radius 1 is 1.35 bits per heavy atom. The Morgan fingerprint density at radius 3 is 2.85 bits per heavy atom. The summed E-state index contributed by atoms with van der Waals surface area (Å²) in [6, 6.07) is 5.73. The maximum absolute atomic E-state index is 13.0. The first-order valence-electron chi connectivity index (χ1n) is 8.80. The van der Waals surface area contributed by atoms with Gasteiger partial charge in [0.1, 0.15) is 4.83 Å². The van der Waals surface area contributed by atoms with E-state index in [9.17, 15) is 9.59 Å². The molecule has 6 heteroatoms. The molecule has 0 unspecified atom stereocenters. The largest absolute Gasteiger partial charge is 0.297 e. The monoisotopic (exact) mass is 386 g/mol. The highest BCUT2D eigenvalue weighted by Gasteiger charge is 2.23. The van der Waals surface area contributed by atoms with Crippen molar-refractivity contribution in [3.05, 3.63) is 50.8 Å². The van der Waals surface area contributed by atoms with Gasteiger partial charge in [-0.05, 0) is 43.0 Å². The second-order valence-corrected chi connectivity index (χ2v) is 8.18. The molecule has 0 N–H and O–H groups in total. The highest BCUT2D eigenvalue weighted by atomic mass is 35.5. The third-order valence-corrected chi connectivity index (χ3v) is 6.48. The van der Waals surface area contributed by atoms with Crippen LogP contribution < -0.4 is 5.56 Å². The van der Waals surface area contributed by atoms with Gasteiger partial charge in [-0.1, -0.05) is 30.5 Å². The van der Waals surface area contributed by atoms with Gasteiger partial charge in [0.25, 0.3) is 5.56 Å². The van der Waals surface area contributed by atoms with Crippen molar-refractivity contribution in [3.8, 4) is 11.1 Å². The molecule has 2 aromatic heterocycles. The first-order valence-corrected chi connectivity index (χ1v) is 10.1. The molecule has 0 radical (unpaired) electrons. The van der Waals surface area contributed by atoms with E-state index in [1.807, 2.05) is 30.5 Å². The Morgan fingerprint density at radius 2 is 2.12 bits per heavy atom. The Kier molecular flexibility index (Phi) is 4.67. The van der Waals surface area contributed by atoms with Gasteiger partial charge in [-0.25, -0.2) is 4.98 Å². The molecule has 1 aromatic carbocycles. The number of hydrogen-bond donors (Lipinski definition) is 0. The van der Waals surface area contributed by atoms with E-state index >= 15 is 0 Å². The van der Waals surface area contributed by atoms with Crippen LogP contribution in [0.4, 0.5) is 0 Å². The van der Waals surface area contributed by atoms with E-state index in [2.05, 4.69) is 4.98 Å². The van der Waals surface area contributed by atoms with Crippen LogP contribution in [0.15, 0.2) is 34.7 Å². The van der Waals surface area contributed by atoms with Crippen molar-refractivity contribution in [2.45, 2.75) is 39.2 Å². The Balaban J connectivity index is 1.75. The van der Waals surface area contributed by atoms with Gasteiger partial charge in [0.05, 0.1) is 18.3 Å². The molecule has 0 saturated heterocycles. The number of Topliss-reactive ketones (excluding diaryl/α,β-unsaturated/α-hetero) is 1. The van der Waals surface area contributed by atoms with E-state index < -0.39 is 0 Å². The highest BCUT2D eigenvalue weighted by Crippen LogP contribution is 2.32. The van der Waals surface area contributed by atoms with E-state index in [-0.39, 0.29) is 23.8 Å². The smallest absolute Gasteiger partial charge is 0.263 e. The zero-order chi connectivity index (χ0) is 18.3. The van der Waals surface area contributed by atoms with Crippen molar-refractivity contribution in [1.82, 2.24) is 9.55 Å². The van der Waals surface area contributed by atoms with Crippen molar-refractivity contribution in [1.29, 1.82) is 0 Å². The summed E-state index contributed by atoms with van der Waals surface area (Å²) >= 11 is 7.57. The van der Waals surface area contributed by atoms with Crippen LogP contribution in [0.25, 0.3) is 21.3 Å². The maximum atomic E-state index is 13.0. The van der Waals surface area contributed by atoms with Gasteiger partial charge in [0, 0.05) is 21.9 Å². The number of ketones is 1. The van der Waals surface area contributed by atoms with E-state index in [4.69, 9.17) is 11.6 Å². The predicted octanol–water partition coefficient (Wildman–Crippen LogP) is 4.85. The second kappa shape index (κ2) is 6.97. The first-order chi connectivity index (χ1) is 12.5. The van der Waals surface area contributed by atoms with Gasteiger partial charge < -0.3 is 0 Å². The summed E-state index contributed by atoms with van der Waals surface area (Å²) in [5.41, 5.74) is 2.61. The number of benzene rings is 1. The molecule has 0 atom stereocenters. The molecule has 1 saturated carbocycles. The summed E-state index contributed by atoms with van der Waals surface area (Å²) in [6.07, 6.45) is 5.60. The van der Waals surface area contributed by atoms with Gasteiger partial charge in [-0.2, -0.15) is 0 Å². The van der Waals surface area contributed by atoms with Crippen LogP contribution in [0.5, 0.6) is 0 Å². The lowest BCUT2D eigenvalue weighted by Crippen LogP contribution is -2.27. The molecule has 1 aliphatic rings. The molecule has 0 bridgehead atoms. The molecule has 4 nitrogen and oxygen atoms in total. The lowest BCUT2D eigenvalue weighted by atomic mass is 10.0. The topological polar surface area (TPSA) is 52.0 Å². The maximum Gasteiger partial charge on any atom is 0.263 e. The van der Waals surface area contributed by atoms with Crippen LogP contribution in [-0.4, -0.2) is 15.3 Å². The van der Waals surface area contributed by atoms with Gasteiger partial charge in [-0.15, -0.1) is 11.3 Å². The fraction of sp³-hybridized carbons (Fsp3) is 0.350. The van der Waals surface area contributed by atoms with Gasteiger partial charge in [0.2, 0.25) is 0 Å². The fourth-order valence-corrected chi connectivity index (χ4v) is 4.67. The molecule has 0 aliphatic heterocycles. The van der Waals surface area contributed by atoms with Crippen molar-refractivity contribution in [2.75, 3.05) is 0 Å². The number of halogens is 1. The predicted molar refractivity (Wildman–Crippen MR) is 106 cm³/mol. The third-order valence-electron chi connectivity index (χ3n) is 5.17. The van der Waals surface area contributed by atoms with Crippen LogP contribution in [0, 0.1) is 12.8 Å². The molecule has 3 aromatic rings. The van der Waals surface area contributed by atoms with Crippen LogP contribution in [0.1, 0.15) is 31.2 Å². The molecule has 0 amide bonds. The van der Waals surface area contributed by atoms with E-state index in [1.54, 1.807) is 0 Å². The SMILES string of the molecule is Cc1cc(-c2csc3ncn(CC(=O)C4CCCC4)c(=O)c23)ccc1Cl. The van der Waals surface area contributed by atoms with Crippen LogP contribution >= 0.6 is 22.9 Å². The molecule has 2 heterocycles. The minimum Gasteiger partial charge on any atom is -0.297 e. The molecule has 26 heavy (non-hydrogen) atoms. The Hall–Kier alpha value is -1.98. The minimum absolute atomic E-state index is 0.0958. The Labute approximate surface area is 160 Å². The van der Waals surface area contributed by atoms with Crippen molar-refractivity contribution in [2.24, 2.45) is 5.92 Å². The summed E-state index contributed by atoms with van der Waals surface area (Å²) < 4.78 is 1.46. The summed E-state index contributed by atoms with van der Waals surface area (Å²) in [4.78, 5) is 30.6. The normalized spacial score (nSPS) is 15.0. The standard InChI is InChI=1S/C20H19ClN2O2S/c1-12-8-14(6-7-16(12)21)15-10-26-19-18(15)20(25)23(11-22-19)9-17(24)13-4-2-3-5-13/h6-8,10-11,13H,2-5,9H2,1H3. The zero-order valence-electron chi connectivity index (χ0n) is 14.5.